The summed E-state index contributed by atoms with van der Waals surface area (Å²) in [5, 5.41) is 18.4. The Morgan fingerprint density at radius 1 is 1.11 bits per heavy atom. The first-order chi connectivity index (χ1) is 17.8. The van der Waals surface area contributed by atoms with E-state index in [-0.39, 0.29) is 17.1 Å². The van der Waals surface area contributed by atoms with Gasteiger partial charge in [-0.2, -0.15) is 5.26 Å². The molecule has 37 heavy (non-hydrogen) atoms. The highest BCUT2D eigenvalue weighted by Crippen LogP contribution is 2.30. The smallest absolute Gasteiger partial charge is 0.341 e. The molecule has 0 spiro atoms. The minimum atomic E-state index is -1.44. The van der Waals surface area contributed by atoms with Gasteiger partial charge in [0, 0.05) is 36.6 Å². The molecule has 5 rings (SSSR count). The zero-order valence-electron chi connectivity index (χ0n) is 19.4. The second-order valence-electron chi connectivity index (χ2n) is 8.74. The number of aliphatic imine (C=N–C) groups is 1. The SMILES string of the molecule is N#Cc1ccc(C=NC2CCN(c3cc4c(cc3F)c(=O)c(C(=O)O)cn4-c3ccc(F)cc3)C2)cc1. The number of aromatic nitrogens is 1. The summed E-state index contributed by atoms with van der Waals surface area (Å²) >= 11 is 0. The molecule has 0 aliphatic carbocycles. The third kappa shape index (κ3) is 4.69. The van der Waals surface area contributed by atoms with Crippen molar-refractivity contribution >= 4 is 28.8 Å². The topological polar surface area (TPSA) is 98.7 Å². The number of hydrogen-bond donors (Lipinski definition) is 1. The lowest BCUT2D eigenvalue weighted by Crippen LogP contribution is -2.23. The van der Waals surface area contributed by atoms with Crippen LogP contribution >= 0.6 is 0 Å². The molecule has 1 aromatic heterocycles. The molecule has 9 heteroatoms. The van der Waals surface area contributed by atoms with Gasteiger partial charge in [-0.1, -0.05) is 12.1 Å². The van der Waals surface area contributed by atoms with Crippen LogP contribution in [0.25, 0.3) is 16.6 Å². The van der Waals surface area contributed by atoms with Gasteiger partial charge >= 0.3 is 5.97 Å². The number of hydrogen-bond acceptors (Lipinski definition) is 5. The number of anilines is 1. The molecule has 1 saturated heterocycles. The molecule has 1 fully saturated rings. The van der Waals surface area contributed by atoms with E-state index in [4.69, 9.17) is 5.26 Å². The van der Waals surface area contributed by atoms with E-state index >= 15 is 4.39 Å². The van der Waals surface area contributed by atoms with E-state index in [1.807, 2.05) is 4.90 Å². The first kappa shape index (κ1) is 23.9. The van der Waals surface area contributed by atoms with Crippen LogP contribution in [0.5, 0.6) is 0 Å². The van der Waals surface area contributed by atoms with E-state index in [0.29, 0.717) is 36.3 Å². The molecule has 3 aromatic carbocycles. The number of carbonyl (C=O) groups is 1. The maximum atomic E-state index is 15.3. The largest absolute Gasteiger partial charge is 0.477 e. The Bertz CT molecular complexity index is 1640. The lowest BCUT2D eigenvalue weighted by Gasteiger charge is -2.21. The van der Waals surface area contributed by atoms with Crippen molar-refractivity contribution < 1.29 is 18.7 Å². The predicted molar refractivity (Wildman–Crippen MR) is 136 cm³/mol. The summed E-state index contributed by atoms with van der Waals surface area (Å²) in [6, 6.07) is 17.0. The number of benzene rings is 3. The highest BCUT2D eigenvalue weighted by molar-refractivity contribution is 5.94. The molecule has 4 aromatic rings. The average molecular weight is 498 g/mol. The van der Waals surface area contributed by atoms with Gasteiger partial charge in [0.1, 0.15) is 17.2 Å². The van der Waals surface area contributed by atoms with Gasteiger partial charge in [-0.05, 0) is 60.5 Å². The van der Waals surface area contributed by atoms with Crippen LogP contribution in [0.2, 0.25) is 0 Å². The van der Waals surface area contributed by atoms with Gasteiger partial charge in [0.15, 0.2) is 0 Å². The van der Waals surface area contributed by atoms with E-state index in [9.17, 15) is 19.1 Å². The maximum Gasteiger partial charge on any atom is 0.341 e. The fourth-order valence-electron chi connectivity index (χ4n) is 4.46. The van der Waals surface area contributed by atoms with Crippen LogP contribution in [0, 0.1) is 23.0 Å². The normalized spacial score (nSPS) is 15.4. The summed E-state index contributed by atoms with van der Waals surface area (Å²) in [7, 11) is 0. The van der Waals surface area contributed by atoms with Crippen molar-refractivity contribution in [2.45, 2.75) is 12.5 Å². The van der Waals surface area contributed by atoms with E-state index in [1.54, 1.807) is 30.5 Å². The number of rotatable bonds is 5. The molecule has 1 N–H and O–H groups in total. The molecule has 184 valence electrons. The number of carboxylic acids is 1. The minimum absolute atomic E-state index is 0.0833. The van der Waals surface area contributed by atoms with Gasteiger partial charge in [0.2, 0.25) is 5.43 Å². The summed E-state index contributed by atoms with van der Waals surface area (Å²) in [5.74, 6) is -2.55. The van der Waals surface area contributed by atoms with Crippen molar-refractivity contribution in [1.82, 2.24) is 4.57 Å². The summed E-state index contributed by atoms with van der Waals surface area (Å²) in [6.07, 6.45) is 3.59. The number of aromatic carboxylic acids is 1. The molecule has 7 nitrogen and oxygen atoms in total. The molecule has 0 bridgehead atoms. The number of carboxylic acid groups (broad SMARTS) is 1. The third-order valence-electron chi connectivity index (χ3n) is 6.39. The molecule has 2 heterocycles. The number of fused-ring (bicyclic) bond motifs is 1. The second-order valence-corrected chi connectivity index (χ2v) is 8.74. The highest BCUT2D eigenvalue weighted by atomic mass is 19.1. The Labute approximate surface area is 210 Å². The Balaban J connectivity index is 1.51. The number of nitrogens with zero attached hydrogens (tertiary/aromatic N) is 4. The van der Waals surface area contributed by atoms with Crippen LogP contribution in [-0.4, -0.2) is 41.0 Å². The number of nitriles is 1. The molecule has 1 atom stereocenters. The summed E-state index contributed by atoms with van der Waals surface area (Å²) in [6.45, 7) is 0.981. The third-order valence-corrected chi connectivity index (χ3v) is 6.39. The molecule has 0 saturated carbocycles. The fraction of sp³-hybridized carbons (Fsp3) is 0.143. The first-order valence-corrected chi connectivity index (χ1v) is 11.5. The van der Waals surface area contributed by atoms with E-state index in [1.165, 1.54) is 41.1 Å². The van der Waals surface area contributed by atoms with Crippen LogP contribution in [0.3, 0.4) is 0 Å². The predicted octanol–water partition coefficient (Wildman–Crippen LogP) is 4.54. The van der Waals surface area contributed by atoms with Gasteiger partial charge in [-0.3, -0.25) is 9.79 Å². The molecule has 1 unspecified atom stereocenters. The quantitative estimate of drug-likeness (QED) is 0.408. The summed E-state index contributed by atoms with van der Waals surface area (Å²) in [4.78, 5) is 31.0. The summed E-state index contributed by atoms with van der Waals surface area (Å²) in [5.41, 5.74) is 1.11. The Hall–Kier alpha value is -4.84. The minimum Gasteiger partial charge on any atom is -0.477 e. The highest BCUT2D eigenvalue weighted by Gasteiger charge is 2.26. The van der Waals surface area contributed by atoms with Crippen molar-refractivity contribution in [2.24, 2.45) is 4.99 Å². The molecular weight excluding hydrogens is 478 g/mol. The van der Waals surface area contributed by atoms with Gasteiger partial charge in [-0.25, -0.2) is 13.6 Å². The lowest BCUT2D eigenvalue weighted by atomic mass is 10.1. The maximum absolute atomic E-state index is 15.3. The Kier molecular flexibility index (Phi) is 6.24. The standard InChI is InChI=1S/C28H20F2N4O3/c29-19-5-7-21(8-6-19)34-16-23(28(36)37)27(35)22-11-24(30)26(12-25(22)34)33-10-9-20(15-33)32-14-18-3-1-17(13-31)2-4-18/h1-8,11-12,14,16,20H,9-10,15H2,(H,36,37). The zero-order valence-corrected chi connectivity index (χ0v) is 19.4. The van der Waals surface area contributed by atoms with E-state index in [0.717, 1.165) is 11.6 Å². The summed E-state index contributed by atoms with van der Waals surface area (Å²) < 4.78 is 30.2. The van der Waals surface area contributed by atoms with Gasteiger partial charge in [0.25, 0.3) is 0 Å². The van der Waals surface area contributed by atoms with Gasteiger partial charge < -0.3 is 14.6 Å². The van der Waals surface area contributed by atoms with Crippen molar-refractivity contribution in [3.05, 3.63) is 105 Å². The van der Waals surface area contributed by atoms with Gasteiger partial charge in [0.05, 0.1) is 28.9 Å². The van der Waals surface area contributed by atoms with Crippen molar-refractivity contribution in [3.8, 4) is 11.8 Å². The fourth-order valence-corrected chi connectivity index (χ4v) is 4.46. The average Bonchev–Trinajstić information content (AvgIpc) is 3.37. The van der Waals surface area contributed by atoms with Crippen LogP contribution in [0.4, 0.5) is 14.5 Å². The molecule has 0 radical (unpaired) electrons. The van der Waals surface area contributed by atoms with Crippen LogP contribution < -0.4 is 10.3 Å². The van der Waals surface area contributed by atoms with Crippen molar-refractivity contribution in [3.63, 3.8) is 0 Å². The molecular formula is C28H20F2N4O3. The Morgan fingerprint density at radius 3 is 2.51 bits per heavy atom. The van der Waals surface area contributed by atoms with E-state index in [2.05, 4.69) is 11.1 Å². The zero-order chi connectivity index (χ0) is 26.1. The Morgan fingerprint density at radius 2 is 1.84 bits per heavy atom. The van der Waals surface area contributed by atoms with E-state index < -0.39 is 28.6 Å². The first-order valence-electron chi connectivity index (χ1n) is 11.5. The van der Waals surface area contributed by atoms with Crippen LogP contribution in [0.15, 0.2) is 76.6 Å². The number of pyridine rings is 1. The molecule has 1 aliphatic rings. The molecule has 1 aliphatic heterocycles. The van der Waals surface area contributed by atoms with Crippen molar-refractivity contribution in [1.29, 1.82) is 5.26 Å². The van der Waals surface area contributed by atoms with Crippen LogP contribution in [-0.2, 0) is 0 Å². The monoisotopic (exact) mass is 498 g/mol. The van der Waals surface area contributed by atoms with Crippen molar-refractivity contribution in [2.75, 3.05) is 18.0 Å². The molecule has 0 amide bonds. The van der Waals surface area contributed by atoms with Gasteiger partial charge in [-0.15, -0.1) is 0 Å². The second kappa shape index (κ2) is 9.66. The van der Waals surface area contributed by atoms with Crippen LogP contribution in [0.1, 0.15) is 27.9 Å². The lowest BCUT2D eigenvalue weighted by molar-refractivity contribution is 0.0695. The number of halogens is 2.